The SMILES string of the molecule is CC(C)(C)CNCCN1CCC(CNC(=O)c2cc(C(F)(F)F)cc(C(F)(F)F)c2)CC1. The highest BCUT2D eigenvalue weighted by molar-refractivity contribution is 5.94. The second-order valence-corrected chi connectivity index (χ2v) is 9.53. The third-order valence-corrected chi connectivity index (χ3v) is 5.37. The van der Waals surface area contributed by atoms with Crippen LogP contribution in [-0.2, 0) is 12.4 Å². The highest BCUT2D eigenvalue weighted by Gasteiger charge is 2.37. The van der Waals surface area contributed by atoms with E-state index >= 15 is 0 Å². The number of rotatable bonds is 7. The fourth-order valence-electron chi connectivity index (χ4n) is 3.54. The van der Waals surface area contributed by atoms with E-state index in [-0.39, 0.29) is 23.9 Å². The van der Waals surface area contributed by atoms with Gasteiger partial charge in [0, 0.05) is 31.7 Å². The van der Waals surface area contributed by atoms with Crippen LogP contribution in [0.25, 0.3) is 0 Å². The summed E-state index contributed by atoms with van der Waals surface area (Å²) in [5.41, 5.74) is -3.42. The second-order valence-electron chi connectivity index (χ2n) is 9.53. The lowest BCUT2D eigenvalue weighted by atomic mass is 9.96. The standard InChI is InChI=1S/C22H31F6N3O/c1-20(2,3)14-29-6-9-31-7-4-15(5-8-31)13-30-19(32)16-10-17(21(23,24)25)12-18(11-16)22(26,27)28/h10-12,15,29H,4-9,13-14H2,1-3H3,(H,30,32). The van der Waals surface area contributed by atoms with E-state index in [1.54, 1.807) is 0 Å². The summed E-state index contributed by atoms with van der Waals surface area (Å²) >= 11 is 0. The molecule has 4 nitrogen and oxygen atoms in total. The second kappa shape index (κ2) is 10.4. The monoisotopic (exact) mass is 467 g/mol. The number of amides is 1. The zero-order valence-electron chi connectivity index (χ0n) is 18.6. The Morgan fingerprint density at radius 2 is 1.50 bits per heavy atom. The first-order valence-corrected chi connectivity index (χ1v) is 10.7. The Labute approximate surface area is 184 Å². The van der Waals surface area contributed by atoms with Crippen LogP contribution in [0.15, 0.2) is 18.2 Å². The van der Waals surface area contributed by atoms with E-state index in [2.05, 4.69) is 36.3 Å². The average molecular weight is 467 g/mol. The minimum atomic E-state index is -4.98. The summed E-state index contributed by atoms with van der Waals surface area (Å²) in [4.78, 5) is 14.6. The van der Waals surface area contributed by atoms with Crippen molar-refractivity contribution >= 4 is 5.91 Å². The molecule has 1 aromatic carbocycles. The number of carbonyl (C=O) groups is 1. The van der Waals surface area contributed by atoms with Crippen LogP contribution in [0.4, 0.5) is 26.3 Å². The molecule has 32 heavy (non-hydrogen) atoms. The highest BCUT2D eigenvalue weighted by Crippen LogP contribution is 2.36. The van der Waals surface area contributed by atoms with Gasteiger partial charge in [0.15, 0.2) is 0 Å². The van der Waals surface area contributed by atoms with Gasteiger partial charge in [0.2, 0.25) is 0 Å². The first-order chi connectivity index (χ1) is 14.6. The van der Waals surface area contributed by atoms with Crippen molar-refractivity contribution in [1.29, 1.82) is 0 Å². The molecule has 0 atom stereocenters. The molecule has 2 N–H and O–H groups in total. The van der Waals surface area contributed by atoms with E-state index in [9.17, 15) is 31.1 Å². The molecular weight excluding hydrogens is 436 g/mol. The Hall–Kier alpha value is -1.81. The third-order valence-electron chi connectivity index (χ3n) is 5.37. The molecule has 0 saturated carbocycles. The topological polar surface area (TPSA) is 44.4 Å². The molecule has 1 aliphatic heterocycles. The van der Waals surface area contributed by atoms with Crippen molar-refractivity contribution in [1.82, 2.24) is 15.5 Å². The van der Waals surface area contributed by atoms with Gasteiger partial charge in [-0.2, -0.15) is 26.3 Å². The van der Waals surface area contributed by atoms with E-state index in [4.69, 9.17) is 0 Å². The summed E-state index contributed by atoms with van der Waals surface area (Å²) in [6.07, 6.45) is -8.36. The van der Waals surface area contributed by atoms with Gasteiger partial charge in [0.25, 0.3) is 5.91 Å². The summed E-state index contributed by atoms with van der Waals surface area (Å²) in [6.45, 7) is 11.0. The Balaban J connectivity index is 1.86. The molecule has 1 saturated heterocycles. The van der Waals surface area contributed by atoms with Crippen LogP contribution in [0.2, 0.25) is 0 Å². The van der Waals surface area contributed by atoms with Gasteiger partial charge in [-0.15, -0.1) is 0 Å². The van der Waals surface area contributed by atoms with E-state index in [0.29, 0.717) is 12.1 Å². The van der Waals surface area contributed by atoms with Gasteiger partial charge in [-0.25, -0.2) is 0 Å². The van der Waals surface area contributed by atoms with Crippen molar-refractivity contribution in [2.24, 2.45) is 11.3 Å². The Kier molecular flexibility index (Phi) is 8.61. The smallest absolute Gasteiger partial charge is 0.352 e. The Morgan fingerprint density at radius 1 is 0.969 bits per heavy atom. The quantitative estimate of drug-likeness (QED) is 0.447. The third kappa shape index (κ3) is 8.61. The maximum absolute atomic E-state index is 13.0. The summed E-state index contributed by atoms with van der Waals surface area (Å²) in [6, 6.07) is 0.929. The molecule has 0 unspecified atom stereocenters. The number of nitrogens with zero attached hydrogens (tertiary/aromatic N) is 1. The normalized spacial score (nSPS) is 16.9. The predicted molar refractivity (Wildman–Crippen MR) is 110 cm³/mol. The average Bonchev–Trinajstić information content (AvgIpc) is 2.68. The molecule has 0 radical (unpaired) electrons. The maximum Gasteiger partial charge on any atom is 0.416 e. The van der Waals surface area contributed by atoms with Gasteiger partial charge in [-0.3, -0.25) is 4.79 Å². The predicted octanol–water partition coefficient (Wildman–Crippen LogP) is 4.80. The van der Waals surface area contributed by atoms with Gasteiger partial charge in [0.05, 0.1) is 11.1 Å². The largest absolute Gasteiger partial charge is 0.416 e. The van der Waals surface area contributed by atoms with E-state index in [1.165, 1.54) is 0 Å². The van der Waals surface area contributed by atoms with Gasteiger partial charge in [-0.1, -0.05) is 20.8 Å². The van der Waals surface area contributed by atoms with Gasteiger partial charge < -0.3 is 15.5 Å². The molecule has 1 aliphatic rings. The molecule has 1 amide bonds. The molecule has 1 fully saturated rings. The summed E-state index contributed by atoms with van der Waals surface area (Å²) in [5, 5.41) is 5.92. The number of nitrogens with one attached hydrogen (secondary N) is 2. The number of likely N-dealkylation sites (tertiary alicyclic amines) is 1. The molecule has 2 rings (SSSR count). The summed E-state index contributed by atoms with van der Waals surface area (Å²) < 4.78 is 77.8. The minimum Gasteiger partial charge on any atom is -0.352 e. The zero-order chi connectivity index (χ0) is 24.2. The van der Waals surface area contributed by atoms with Crippen molar-refractivity contribution in [3.05, 3.63) is 34.9 Å². The van der Waals surface area contributed by atoms with Gasteiger partial charge in [0.1, 0.15) is 0 Å². The Bertz CT molecular complexity index is 730. The van der Waals surface area contributed by atoms with Crippen LogP contribution in [0.1, 0.15) is 55.1 Å². The van der Waals surface area contributed by atoms with Gasteiger partial charge in [-0.05, 0) is 55.5 Å². The number of halogens is 6. The molecule has 1 heterocycles. The first kappa shape index (κ1) is 26.4. The van der Waals surface area contributed by atoms with Crippen molar-refractivity contribution < 1.29 is 31.1 Å². The van der Waals surface area contributed by atoms with E-state index in [1.807, 2.05) is 0 Å². The molecule has 182 valence electrons. The van der Waals surface area contributed by atoms with Crippen molar-refractivity contribution in [3.8, 4) is 0 Å². The molecule has 10 heteroatoms. The molecule has 0 spiro atoms. The fraction of sp³-hybridized carbons (Fsp3) is 0.682. The van der Waals surface area contributed by atoms with Crippen molar-refractivity contribution in [2.45, 2.75) is 46.0 Å². The van der Waals surface area contributed by atoms with Crippen LogP contribution in [-0.4, -0.2) is 50.1 Å². The number of alkyl halides is 6. The number of hydrogen-bond acceptors (Lipinski definition) is 3. The Morgan fingerprint density at radius 3 is 1.97 bits per heavy atom. The fourth-order valence-corrected chi connectivity index (χ4v) is 3.54. The zero-order valence-corrected chi connectivity index (χ0v) is 18.6. The van der Waals surface area contributed by atoms with E-state index in [0.717, 1.165) is 45.6 Å². The van der Waals surface area contributed by atoms with Crippen LogP contribution in [0, 0.1) is 11.3 Å². The maximum atomic E-state index is 13.0. The lowest BCUT2D eigenvalue weighted by Gasteiger charge is -2.32. The minimum absolute atomic E-state index is 0.0167. The van der Waals surface area contributed by atoms with Crippen LogP contribution in [0.3, 0.4) is 0 Å². The van der Waals surface area contributed by atoms with Crippen molar-refractivity contribution in [3.63, 3.8) is 0 Å². The lowest BCUT2D eigenvalue weighted by molar-refractivity contribution is -0.143. The number of piperidine rings is 1. The molecule has 0 aliphatic carbocycles. The highest BCUT2D eigenvalue weighted by atomic mass is 19.4. The lowest BCUT2D eigenvalue weighted by Crippen LogP contribution is -2.42. The van der Waals surface area contributed by atoms with Crippen molar-refractivity contribution in [2.75, 3.05) is 39.3 Å². The number of hydrogen-bond donors (Lipinski definition) is 2. The molecule has 0 aromatic heterocycles. The summed E-state index contributed by atoms with van der Waals surface area (Å²) in [7, 11) is 0. The molecular formula is C22H31F6N3O. The van der Waals surface area contributed by atoms with Crippen LogP contribution >= 0.6 is 0 Å². The molecule has 1 aromatic rings. The van der Waals surface area contributed by atoms with Crippen LogP contribution in [0.5, 0.6) is 0 Å². The molecule has 0 bridgehead atoms. The number of carbonyl (C=O) groups excluding carboxylic acids is 1. The van der Waals surface area contributed by atoms with Crippen LogP contribution < -0.4 is 10.6 Å². The van der Waals surface area contributed by atoms with Gasteiger partial charge >= 0.3 is 12.4 Å². The number of benzene rings is 1. The summed E-state index contributed by atoms with van der Waals surface area (Å²) in [5.74, 6) is -0.805. The van der Waals surface area contributed by atoms with E-state index < -0.39 is 35.0 Å². The first-order valence-electron chi connectivity index (χ1n) is 10.7.